The molecule has 1 aliphatic rings. The van der Waals surface area contributed by atoms with Crippen molar-refractivity contribution >= 4 is 17.6 Å². The third kappa shape index (κ3) is 1.76. The molecule has 0 fully saturated rings. The lowest BCUT2D eigenvalue weighted by atomic mass is 10.1. The number of benzene rings is 1. The first-order valence-corrected chi connectivity index (χ1v) is 4.52. The van der Waals surface area contributed by atoms with Gasteiger partial charge in [-0.1, -0.05) is 12.1 Å². The molecule has 2 N–H and O–H groups in total. The van der Waals surface area contributed by atoms with Crippen LogP contribution in [0.4, 0.5) is 5.69 Å². The monoisotopic (exact) mass is 206 g/mol. The summed E-state index contributed by atoms with van der Waals surface area (Å²) < 4.78 is 0. The molecule has 0 bridgehead atoms. The molecule has 0 atom stereocenters. The van der Waals surface area contributed by atoms with Crippen molar-refractivity contribution in [1.29, 1.82) is 0 Å². The summed E-state index contributed by atoms with van der Waals surface area (Å²) in [5, 5.41) is 11.3. The average Bonchev–Trinajstić information content (AvgIpc) is 2.22. The fraction of sp³-hybridized carbons (Fsp3) is 0.200. The normalized spacial score (nSPS) is 14.4. The second-order valence-electron chi connectivity index (χ2n) is 3.27. The van der Waals surface area contributed by atoms with Gasteiger partial charge in [-0.3, -0.25) is 9.59 Å². The minimum atomic E-state index is -0.916. The molecule has 1 aliphatic heterocycles. The van der Waals surface area contributed by atoms with Crippen molar-refractivity contribution < 1.29 is 14.7 Å². The van der Waals surface area contributed by atoms with Crippen molar-refractivity contribution in [2.75, 3.05) is 18.1 Å². The Hall–Kier alpha value is -2.04. The summed E-state index contributed by atoms with van der Waals surface area (Å²) in [6, 6.07) is 6.96. The number of hydrogen-bond donors (Lipinski definition) is 2. The summed E-state index contributed by atoms with van der Waals surface area (Å²) in [7, 11) is 0. The molecule has 5 heteroatoms. The summed E-state index contributed by atoms with van der Waals surface area (Å²) >= 11 is 0. The first kappa shape index (κ1) is 9.51. The van der Waals surface area contributed by atoms with Crippen LogP contribution in [-0.2, 0) is 4.79 Å². The van der Waals surface area contributed by atoms with Crippen LogP contribution in [-0.4, -0.2) is 30.2 Å². The van der Waals surface area contributed by atoms with Gasteiger partial charge in [-0.25, -0.2) is 0 Å². The molecular formula is C10H10N2O3. The molecule has 1 aromatic carbocycles. The van der Waals surface area contributed by atoms with E-state index in [9.17, 15) is 9.59 Å². The van der Waals surface area contributed by atoms with E-state index >= 15 is 0 Å². The number of rotatable bonds is 2. The molecule has 0 aliphatic carbocycles. The summed E-state index contributed by atoms with van der Waals surface area (Å²) in [4.78, 5) is 23.6. The van der Waals surface area contributed by atoms with Crippen LogP contribution in [0, 0.1) is 0 Å². The highest BCUT2D eigenvalue weighted by Crippen LogP contribution is 2.22. The zero-order chi connectivity index (χ0) is 10.8. The van der Waals surface area contributed by atoms with Crippen LogP contribution in [0.3, 0.4) is 0 Å². The van der Waals surface area contributed by atoms with E-state index in [1.54, 1.807) is 29.2 Å². The van der Waals surface area contributed by atoms with Crippen LogP contribution in [0.1, 0.15) is 10.4 Å². The highest BCUT2D eigenvalue weighted by atomic mass is 16.4. The first-order valence-electron chi connectivity index (χ1n) is 4.52. The molecule has 0 spiro atoms. The molecule has 1 heterocycles. The second kappa shape index (κ2) is 3.61. The van der Waals surface area contributed by atoms with E-state index < -0.39 is 5.97 Å². The summed E-state index contributed by atoms with van der Waals surface area (Å²) in [6.07, 6.45) is 0. The van der Waals surface area contributed by atoms with Gasteiger partial charge in [-0.2, -0.15) is 0 Å². The van der Waals surface area contributed by atoms with Gasteiger partial charge < -0.3 is 15.3 Å². The largest absolute Gasteiger partial charge is 0.480 e. The van der Waals surface area contributed by atoms with Gasteiger partial charge in [0.1, 0.15) is 6.54 Å². The predicted octanol–water partition coefficient (Wildman–Crippen LogP) is 0.278. The average molecular weight is 206 g/mol. The number of para-hydroxylation sites is 1. The molecule has 0 aromatic heterocycles. The number of amides is 1. The standard InChI is InChI=1S/C10H10N2O3/c13-9(14)5-12-6-11-10(15)7-3-1-2-4-8(7)12/h1-4H,5-6H2,(H,11,15)(H,13,14). The van der Waals surface area contributed by atoms with Crippen LogP contribution in [0.25, 0.3) is 0 Å². The van der Waals surface area contributed by atoms with Crippen LogP contribution in [0.15, 0.2) is 24.3 Å². The van der Waals surface area contributed by atoms with E-state index in [1.165, 1.54) is 0 Å². The fourth-order valence-corrected chi connectivity index (χ4v) is 1.59. The molecule has 78 valence electrons. The summed E-state index contributed by atoms with van der Waals surface area (Å²) in [6.45, 7) is 0.124. The van der Waals surface area contributed by atoms with E-state index in [2.05, 4.69) is 5.32 Å². The minimum absolute atomic E-state index is 0.114. The maximum absolute atomic E-state index is 11.4. The molecule has 0 saturated carbocycles. The van der Waals surface area contributed by atoms with Crippen LogP contribution in [0.5, 0.6) is 0 Å². The number of carbonyl (C=O) groups excluding carboxylic acids is 1. The molecular weight excluding hydrogens is 196 g/mol. The van der Waals surface area contributed by atoms with Gasteiger partial charge in [-0.15, -0.1) is 0 Å². The Balaban J connectivity index is 2.36. The van der Waals surface area contributed by atoms with Crippen molar-refractivity contribution in [3.05, 3.63) is 29.8 Å². The zero-order valence-corrected chi connectivity index (χ0v) is 7.93. The number of anilines is 1. The van der Waals surface area contributed by atoms with Crippen molar-refractivity contribution in [2.24, 2.45) is 0 Å². The number of carboxylic acids is 1. The van der Waals surface area contributed by atoms with Crippen molar-refractivity contribution in [3.63, 3.8) is 0 Å². The van der Waals surface area contributed by atoms with Gasteiger partial charge in [-0.05, 0) is 12.1 Å². The van der Waals surface area contributed by atoms with Gasteiger partial charge in [0.25, 0.3) is 5.91 Å². The lowest BCUT2D eigenvalue weighted by Gasteiger charge is -2.29. The lowest BCUT2D eigenvalue weighted by Crippen LogP contribution is -2.45. The third-order valence-corrected chi connectivity index (χ3v) is 2.25. The van der Waals surface area contributed by atoms with Crippen LogP contribution in [0.2, 0.25) is 0 Å². The Morgan fingerprint density at radius 3 is 2.93 bits per heavy atom. The van der Waals surface area contributed by atoms with Crippen LogP contribution >= 0.6 is 0 Å². The maximum Gasteiger partial charge on any atom is 0.323 e. The van der Waals surface area contributed by atoms with Crippen LogP contribution < -0.4 is 10.2 Å². The highest BCUT2D eigenvalue weighted by molar-refractivity contribution is 6.02. The van der Waals surface area contributed by atoms with Gasteiger partial charge in [0, 0.05) is 0 Å². The van der Waals surface area contributed by atoms with Crippen molar-refractivity contribution in [1.82, 2.24) is 5.32 Å². The maximum atomic E-state index is 11.4. The summed E-state index contributed by atoms with van der Waals surface area (Å²) in [5.74, 6) is -1.08. The highest BCUT2D eigenvalue weighted by Gasteiger charge is 2.22. The Labute approximate surface area is 86.3 Å². The molecule has 2 rings (SSSR count). The number of carboxylic acid groups (broad SMARTS) is 1. The van der Waals surface area contributed by atoms with E-state index in [4.69, 9.17) is 5.11 Å². The quantitative estimate of drug-likeness (QED) is 0.729. The molecule has 0 unspecified atom stereocenters. The van der Waals surface area contributed by atoms with Crippen molar-refractivity contribution in [3.8, 4) is 0 Å². The molecule has 15 heavy (non-hydrogen) atoms. The number of fused-ring (bicyclic) bond motifs is 1. The first-order chi connectivity index (χ1) is 7.18. The molecule has 1 amide bonds. The number of carbonyl (C=O) groups is 2. The predicted molar refractivity (Wildman–Crippen MR) is 53.8 cm³/mol. The fourth-order valence-electron chi connectivity index (χ4n) is 1.59. The Kier molecular flexibility index (Phi) is 2.29. The van der Waals surface area contributed by atoms with E-state index in [-0.39, 0.29) is 19.1 Å². The smallest absolute Gasteiger partial charge is 0.323 e. The molecule has 5 nitrogen and oxygen atoms in total. The Morgan fingerprint density at radius 2 is 2.20 bits per heavy atom. The lowest BCUT2D eigenvalue weighted by molar-refractivity contribution is -0.135. The van der Waals surface area contributed by atoms with Gasteiger partial charge in [0.05, 0.1) is 17.9 Å². The topological polar surface area (TPSA) is 69.6 Å². The zero-order valence-electron chi connectivity index (χ0n) is 7.93. The van der Waals surface area contributed by atoms with E-state index in [1.807, 2.05) is 0 Å². The summed E-state index contributed by atoms with van der Waals surface area (Å²) in [5.41, 5.74) is 1.19. The van der Waals surface area contributed by atoms with Gasteiger partial charge in [0.2, 0.25) is 0 Å². The Bertz CT molecular complexity index is 417. The van der Waals surface area contributed by atoms with Gasteiger partial charge >= 0.3 is 5.97 Å². The van der Waals surface area contributed by atoms with E-state index in [0.29, 0.717) is 11.3 Å². The molecule has 0 radical (unpaired) electrons. The minimum Gasteiger partial charge on any atom is -0.480 e. The number of aliphatic carboxylic acids is 1. The Morgan fingerprint density at radius 1 is 1.47 bits per heavy atom. The number of nitrogens with one attached hydrogen (secondary N) is 1. The molecule has 0 saturated heterocycles. The second-order valence-corrected chi connectivity index (χ2v) is 3.27. The van der Waals surface area contributed by atoms with Crippen molar-refractivity contribution in [2.45, 2.75) is 0 Å². The van der Waals surface area contributed by atoms with E-state index in [0.717, 1.165) is 0 Å². The molecule has 1 aromatic rings. The third-order valence-electron chi connectivity index (χ3n) is 2.25. The SMILES string of the molecule is O=C(O)CN1CNC(=O)c2ccccc21. The van der Waals surface area contributed by atoms with Gasteiger partial charge in [0.15, 0.2) is 0 Å². The number of nitrogens with zero attached hydrogens (tertiary/aromatic N) is 1. The number of hydrogen-bond acceptors (Lipinski definition) is 3.